The third kappa shape index (κ3) is 3.30. The Bertz CT molecular complexity index is 644. The molecule has 2 rings (SSSR count). The van der Waals surface area contributed by atoms with E-state index in [4.69, 9.17) is 9.47 Å². The zero-order valence-corrected chi connectivity index (χ0v) is 13.8. The van der Waals surface area contributed by atoms with E-state index in [1.54, 1.807) is 20.3 Å². The molecule has 0 saturated carbocycles. The minimum absolute atomic E-state index is 0.218. The van der Waals surface area contributed by atoms with E-state index in [9.17, 15) is 4.39 Å². The summed E-state index contributed by atoms with van der Waals surface area (Å²) >= 11 is 0. The molecule has 0 aliphatic rings. The van der Waals surface area contributed by atoms with Crippen LogP contribution in [0.3, 0.4) is 0 Å². The third-order valence-electron chi connectivity index (χ3n) is 3.72. The van der Waals surface area contributed by atoms with Crippen LogP contribution in [0.4, 0.5) is 4.39 Å². The Morgan fingerprint density at radius 1 is 1.00 bits per heavy atom. The molecule has 2 nitrogen and oxygen atoms in total. The van der Waals surface area contributed by atoms with Crippen molar-refractivity contribution in [3.63, 3.8) is 0 Å². The van der Waals surface area contributed by atoms with Crippen LogP contribution < -0.4 is 4.74 Å². The first-order chi connectivity index (χ1) is 10.4. The maximum Gasteiger partial charge on any atom is 0.129 e. The van der Waals surface area contributed by atoms with Gasteiger partial charge in [-0.15, -0.1) is 0 Å². The molecule has 0 aromatic heterocycles. The van der Waals surface area contributed by atoms with Crippen LogP contribution in [0, 0.1) is 11.2 Å². The molecule has 3 heteroatoms. The predicted molar refractivity (Wildman–Crippen MR) is 87.6 cm³/mol. The Morgan fingerprint density at radius 2 is 1.68 bits per heavy atom. The number of rotatable bonds is 4. The first kappa shape index (κ1) is 16.5. The van der Waals surface area contributed by atoms with Gasteiger partial charge in [-0.05, 0) is 34.7 Å². The van der Waals surface area contributed by atoms with Crippen molar-refractivity contribution in [2.75, 3.05) is 14.2 Å². The van der Waals surface area contributed by atoms with Crippen LogP contribution in [-0.4, -0.2) is 14.2 Å². The number of methoxy groups -OCH3 is 2. The molecule has 0 spiro atoms. The summed E-state index contributed by atoms with van der Waals surface area (Å²) in [6.07, 6.45) is -0.338. The van der Waals surface area contributed by atoms with Crippen molar-refractivity contribution in [2.45, 2.75) is 26.9 Å². The molecular formula is C19H23FO2. The summed E-state index contributed by atoms with van der Waals surface area (Å²) in [6.45, 7) is 6.13. The van der Waals surface area contributed by atoms with Crippen molar-refractivity contribution in [3.8, 4) is 16.9 Å². The first-order valence-corrected chi connectivity index (χ1v) is 7.34. The fourth-order valence-corrected chi connectivity index (χ4v) is 2.75. The van der Waals surface area contributed by atoms with Crippen LogP contribution in [0.2, 0.25) is 0 Å². The molecule has 0 fully saturated rings. The second-order valence-electron chi connectivity index (χ2n) is 6.41. The average molecular weight is 302 g/mol. The van der Waals surface area contributed by atoms with Crippen LogP contribution in [0.25, 0.3) is 11.1 Å². The fourth-order valence-electron chi connectivity index (χ4n) is 2.75. The molecule has 0 N–H and O–H groups in total. The first-order valence-electron chi connectivity index (χ1n) is 7.34. The Kier molecular flexibility index (Phi) is 4.87. The van der Waals surface area contributed by atoms with Gasteiger partial charge in [-0.2, -0.15) is 0 Å². The Morgan fingerprint density at radius 3 is 2.27 bits per heavy atom. The molecule has 0 saturated heterocycles. The van der Waals surface area contributed by atoms with Gasteiger partial charge in [0.05, 0.1) is 13.2 Å². The highest BCUT2D eigenvalue weighted by atomic mass is 19.1. The molecule has 22 heavy (non-hydrogen) atoms. The lowest BCUT2D eigenvalue weighted by molar-refractivity contribution is 0.0131. The second kappa shape index (κ2) is 6.49. The molecule has 118 valence electrons. The summed E-state index contributed by atoms with van der Waals surface area (Å²) in [5, 5.41) is 0. The zero-order chi connectivity index (χ0) is 16.3. The number of halogens is 1. The molecule has 0 unspecified atom stereocenters. The van der Waals surface area contributed by atoms with Gasteiger partial charge in [0.1, 0.15) is 11.6 Å². The van der Waals surface area contributed by atoms with Crippen LogP contribution in [0.1, 0.15) is 32.4 Å². The zero-order valence-electron chi connectivity index (χ0n) is 13.8. The number of hydrogen-bond acceptors (Lipinski definition) is 2. The molecule has 1 atom stereocenters. The number of benzene rings is 2. The van der Waals surface area contributed by atoms with E-state index in [1.165, 1.54) is 6.07 Å². The maximum atomic E-state index is 14.6. The van der Waals surface area contributed by atoms with Crippen LogP contribution in [0.15, 0.2) is 42.5 Å². The van der Waals surface area contributed by atoms with Gasteiger partial charge in [-0.1, -0.05) is 45.0 Å². The molecular weight excluding hydrogens is 279 g/mol. The van der Waals surface area contributed by atoms with Gasteiger partial charge in [0, 0.05) is 12.7 Å². The van der Waals surface area contributed by atoms with Gasteiger partial charge in [-0.3, -0.25) is 0 Å². The standard InChI is InChI=1S/C19H23FO2/c1-19(2,3)18(22-5)17-15(10-7-11-16(17)20)13-8-6-9-14(12-13)21-4/h6-12,18H,1-5H3/t18-/m1/s1. The minimum atomic E-state index is -0.338. The van der Waals surface area contributed by atoms with E-state index in [-0.39, 0.29) is 17.3 Å². The van der Waals surface area contributed by atoms with E-state index >= 15 is 0 Å². The van der Waals surface area contributed by atoms with Crippen molar-refractivity contribution in [3.05, 3.63) is 53.8 Å². The van der Waals surface area contributed by atoms with Gasteiger partial charge in [0.15, 0.2) is 0 Å². The highest BCUT2D eigenvalue weighted by molar-refractivity contribution is 5.69. The summed E-state index contributed by atoms with van der Waals surface area (Å²) in [4.78, 5) is 0. The van der Waals surface area contributed by atoms with Crippen LogP contribution in [0.5, 0.6) is 5.75 Å². The van der Waals surface area contributed by atoms with Crippen molar-refractivity contribution in [1.82, 2.24) is 0 Å². The second-order valence-corrected chi connectivity index (χ2v) is 6.41. The van der Waals surface area contributed by atoms with E-state index in [1.807, 2.05) is 51.1 Å². The molecule has 2 aromatic rings. The highest BCUT2D eigenvalue weighted by Gasteiger charge is 2.30. The highest BCUT2D eigenvalue weighted by Crippen LogP contribution is 2.42. The SMILES string of the molecule is COc1cccc(-c2cccc(F)c2[C@@H](OC)C(C)(C)C)c1. The van der Waals surface area contributed by atoms with E-state index in [2.05, 4.69) is 0 Å². The van der Waals surface area contributed by atoms with E-state index in [0.717, 1.165) is 16.9 Å². The molecule has 0 radical (unpaired) electrons. The lowest BCUT2D eigenvalue weighted by Crippen LogP contribution is -2.22. The Hall–Kier alpha value is -1.87. The lowest BCUT2D eigenvalue weighted by atomic mass is 9.81. The van der Waals surface area contributed by atoms with Gasteiger partial charge < -0.3 is 9.47 Å². The van der Waals surface area contributed by atoms with Gasteiger partial charge in [-0.25, -0.2) is 4.39 Å². The lowest BCUT2D eigenvalue weighted by Gasteiger charge is -2.31. The molecule has 0 heterocycles. The summed E-state index contributed by atoms with van der Waals surface area (Å²) < 4.78 is 25.5. The molecule has 0 amide bonds. The molecule has 0 aliphatic carbocycles. The van der Waals surface area contributed by atoms with Crippen molar-refractivity contribution >= 4 is 0 Å². The normalized spacial score (nSPS) is 13.0. The fraction of sp³-hybridized carbons (Fsp3) is 0.368. The average Bonchev–Trinajstić information content (AvgIpc) is 2.48. The maximum absolute atomic E-state index is 14.6. The summed E-state index contributed by atoms with van der Waals surface area (Å²) in [5.74, 6) is 0.500. The Labute approximate surface area is 131 Å². The topological polar surface area (TPSA) is 18.5 Å². The van der Waals surface area contributed by atoms with E-state index < -0.39 is 0 Å². The minimum Gasteiger partial charge on any atom is -0.497 e. The molecule has 0 aliphatic heterocycles. The van der Waals surface area contributed by atoms with E-state index in [0.29, 0.717) is 5.56 Å². The summed E-state index contributed by atoms with van der Waals surface area (Å²) in [6, 6.07) is 12.8. The smallest absolute Gasteiger partial charge is 0.129 e. The quantitative estimate of drug-likeness (QED) is 0.769. The van der Waals surface area contributed by atoms with Gasteiger partial charge in [0.2, 0.25) is 0 Å². The number of ether oxygens (including phenoxy) is 2. The van der Waals surface area contributed by atoms with Gasteiger partial charge >= 0.3 is 0 Å². The summed E-state index contributed by atoms with van der Waals surface area (Å²) in [7, 11) is 3.25. The molecule has 2 aromatic carbocycles. The van der Waals surface area contributed by atoms with Crippen molar-refractivity contribution < 1.29 is 13.9 Å². The van der Waals surface area contributed by atoms with Crippen LogP contribution in [-0.2, 0) is 4.74 Å². The van der Waals surface area contributed by atoms with Crippen molar-refractivity contribution in [1.29, 1.82) is 0 Å². The monoisotopic (exact) mass is 302 g/mol. The van der Waals surface area contributed by atoms with Gasteiger partial charge in [0.25, 0.3) is 0 Å². The third-order valence-corrected chi connectivity index (χ3v) is 3.72. The Balaban J connectivity index is 2.64. The van der Waals surface area contributed by atoms with Crippen molar-refractivity contribution in [2.24, 2.45) is 5.41 Å². The largest absolute Gasteiger partial charge is 0.497 e. The predicted octanol–water partition coefficient (Wildman–Crippen LogP) is 5.23. The summed E-state index contributed by atoms with van der Waals surface area (Å²) in [5.41, 5.74) is 2.12. The molecule has 0 bridgehead atoms. The number of hydrogen-bond donors (Lipinski definition) is 0. The van der Waals surface area contributed by atoms with Crippen LogP contribution >= 0.6 is 0 Å².